The zero-order valence-electron chi connectivity index (χ0n) is 21.7. The summed E-state index contributed by atoms with van der Waals surface area (Å²) < 4.78 is 12.7. The predicted octanol–water partition coefficient (Wildman–Crippen LogP) is 7.05. The van der Waals surface area contributed by atoms with E-state index >= 15 is 0 Å². The van der Waals surface area contributed by atoms with Gasteiger partial charge in [0.15, 0.2) is 11.0 Å². The number of hydrogen-bond donors (Lipinski definition) is 1. The van der Waals surface area contributed by atoms with Gasteiger partial charge in [-0.1, -0.05) is 58.7 Å². The summed E-state index contributed by atoms with van der Waals surface area (Å²) in [6, 6.07) is 11.0. The van der Waals surface area contributed by atoms with Crippen LogP contribution in [0.1, 0.15) is 34.2 Å². The number of benzene rings is 2. The number of nitrogens with one attached hydrogen (secondary N) is 1. The Labute approximate surface area is 244 Å². The molecule has 0 unspecified atom stereocenters. The number of nitrogens with zero attached hydrogens (tertiary/aromatic N) is 3. The number of amides is 1. The van der Waals surface area contributed by atoms with Gasteiger partial charge in [-0.25, -0.2) is 4.79 Å². The molecule has 1 amide bonds. The van der Waals surface area contributed by atoms with Crippen LogP contribution in [-0.4, -0.2) is 39.5 Å². The van der Waals surface area contributed by atoms with Crippen LogP contribution in [0.3, 0.4) is 0 Å². The minimum Gasteiger partial charge on any atom is -0.484 e. The molecule has 2 heterocycles. The second kappa shape index (κ2) is 12.9. The SMILES string of the molecule is CCn1c(COc2cc(Cl)ccc2Cl)nnc1SCC(=O)Nc1scc(-c2cc(C)ccc2C)c1C(=O)OC. The first-order valence-corrected chi connectivity index (χ1v) is 14.5. The minimum absolute atomic E-state index is 0.0659. The fraction of sp³-hybridized carbons (Fsp3) is 0.259. The molecule has 0 saturated carbocycles. The van der Waals surface area contributed by atoms with Gasteiger partial charge in [-0.2, -0.15) is 0 Å². The lowest BCUT2D eigenvalue weighted by Gasteiger charge is -2.11. The number of hydrogen-bond acceptors (Lipinski definition) is 8. The number of anilines is 1. The molecule has 8 nitrogen and oxygen atoms in total. The highest BCUT2D eigenvalue weighted by Gasteiger charge is 2.24. The second-order valence-corrected chi connectivity index (χ2v) is 11.2. The van der Waals surface area contributed by atoms with Crippen molar-refractivity contribution >= 4 is 63.2 Å². The Hall–Kier alpha value is -3.05. The van der Waals surface area contributed by atoms with E-state index in [1.807, 2.05) is 48.9 Å². The van der Waals surface area contributed by atoms with E-state index in [1.54, 1.807) is 18.2 Å². The molecule has 2 aromatic carbocycles. The maximum atomic E-state index is 12.9. The van der Waals surface area contributed by atoms with Gasteiger partial charge in [0.1, 0.15) is 22.9 Å². The quantitative estimate of drug-likeness (QED) is 0.153. The highest BCUT2D eigenvalue weighted by Crippen LogP contribution is 2.38. The van der Waals surface area contributed by atoms with E-state index < -0.39 is 5.97 Å². The van der Waals surface area contributed by atoms with Crippen LogP contribution in [0.25, 0.3) is 11.1 Å². The predicted molar refractivity (Wildman–Crippen MR) is 156 cm³/mol. The molecule has 39 heavy (non-hydrogen) atoms. The lowest BCUT2D eigenvalue weighted by atomic mass is 9.97. The smallest absolute Gasteiger partial charge is 0.341 e. The van der Waals surface area contributed by atoms with Gasteiger partial charge in [0.25, 0.3) is 0 Å². The first-order valence-electron chi connectivity index (χ1n) is 11.9. The highest BCUT2D eigenvalue weighted by molar-refractivity contribution is 7.99. The molecule has 12 heteroatoms. The average molecular weight is 606 g/mol. The van der Waals surface area contributed by atoms with Crippen molar-refractivity contribution in [3.05, 3.63) is 74.3 Å². The first-order chi connectivity index (χ1) is 18.7. The van der Waals surface area contributed by atoms with Gasteiger partial charge < -0.3 is 19.4 Å². The average Bonchev–Trinajstić information content (AvgIpc) is 3.52. The maximum Gasteiger partial charge on any atom is 0.341 e. The topological polar surface area (TPSA) is 95.3 Å². The van der Waals surface area contributed by atoms with Crippen molar-refractivity contribution in [2.75, 3.05) is 18.2 Å². The van der Waals surface area contributed by atoms with Crippen LogP contribution in [0, 0.1) is 13.8 Å². The summed E-state index contributed by atoms with van der Waals surface area (Å²) in [4.78, 5) is 25.6. The molecule has 0 bridgehead atoms. The lowest BCUT2D eigenvalue weighted by molar-refractivity contribution is -0.113. The number of thioether (sulfide) groups is 1. The number of carbonyl (C=O) groups is 2. The van der Waals surface area contributed by atoms with E-state index in [9.17, 15) is 9.59 Å². The Morgan fingerprint density at radius 3 is 2.64 bits per heavy atom. The van der Waals surface area contributed by atoms with Crippen LogP contribution in [0.2, 0.25) is 10.0 Å². The van der Waals surface area contributed by atoms with Gasteiger partial charge in [0, 0.05) is 28.6 Å². The van der Waals surface area contributed by atoms with Crippen molar-refractivity contribution in [1.29, 1.82) is 0 Å². The van der Waals surface area contributed by atoms with Crippen molar-refractivity contribution in [2.45, 2.75) is 39.1 Å². The molecular weight excluding hydrogens is 579 g/mol. The summed E-state index contributed by atoms with van der Waals surface area (Å²) in [5.74, 6) is 0.303. The van der Waals surface area contributed by atoms with Gasteiger partial charge in [-0.05, 0) is 44.0 Å². The lowest BCUT2D eigenvalue weighted by Crippen LogP contribution is -2.16. The number of methoxy groups -OCH3 is 1. The Bertz CT molecular complexity index is 1520. The molecule has 1 N–H and O–H groups in total. The Morgan fingerprint density at radius 2 is 1.90 bits per heavy atom. The molecule has 0 radical (unpaired) electrons. The van der Waals surface area contributed by atoms with E-state index in [2.05, 4.69) is 15.5 Å². The fourth-order valence-electron chi connectivity index (χ4n) is 3.85. The van der Waals surface area contributed by atoms with Crippen LogP contribution >= 0.6 is 46.3 Å². The molecule has 204 valence electrons. The molecule has 0 spiro atoms. The van der Waals surface area contributed by atoms with E-state index in [1.165, 1.54) is 30.2 Å². The van der Waals surface area contributed by atoms with Crippen molar-refractivity contribution in [3.63, 3.8) is 0 Å². The number of aryl methyl sites for hydroxylation is 2. The molecule has 0 atom stereocenters. The second-order valence-electron chi connectivity index (χ2n) is 8.51. The molecule has 4 rings (SSSR count). The summed E-state index contributed by atoms with van der Waals surface area (Å²) in [6.07, 6.45) is 0. The molecule has 2 aromatic heterocycles. The van der Waals surface area contributed by atoms with Crippen LogP contribution < -0.4 is 10.1 Å². The van der Waals surface area contributed by atoms with Crippen molar-refractivity contribution in [3.8, 4) is 16.9 Å². The highest BCUT2D eigenvalue weighted by atomic mass is 35.5. The van der Waals surface area contributed by atoms with Crippen LogP contribution in [0.5, 0.6) is 5.75 Å². The van der Waals surface area contributed by atoms with Crippen molar-refractivity contribution in [1.82, 2.24) is 14.8 Å². The molecule has 0 aliphatic rings. The van der Waals surface area contributed by atoms with Crippen LogP contribution in [-0.2, 0) is 22.7 Å². The number of carbonyl (C=O) groups excluding carboxylic acids is 2. The number of ether oxygens (including phenoxy) is 2. The van der Waals surface area contributed by atoms with Crippen molar-refractivity contribution < 1.29 is 19.1 Å². The van der Waals surface area contributed by atoms with Gasteiger partial charge in [-0.15, -0.1) is 21.5 Å². The Balaban J connectivity index is 1.46. The first kappa shape index (κ1) is 28.9. The fourth-order valence-corrected chi connectivity index (χ4v) is 5.97. The van der Waals surface area contributed by atoms with Gasteiger partial charge in [-0.3, -0.25) is 4.79 Å². The van der Waals surface area contributed by atoms with Crippen molar-refractivity contribution in [2.24, 2.45) is 0 Å². The largest absolute Gasteiger partial charge is 0.484 e. The van der Waals surface area contributed by atoms with Gasteiger partial charge >= 0.3 is 5.97 Å². The maximum absolute atomic E-state index is 12.9. The third-order valence-corrected chi connectivity index (χ3v) is 8.22. The molecule has 4 aromatic rings. The van der Waals surface area contributed by atoms with E-state index in [0.717, 1.165) is 22.3 Å². The minimum atomic E-state index is -0.509. The number of esters is 1. The van der Waals surface area contributed by atoms with E-state index in [-0.39, 0.29) is 18.3 Å². The standard InChI is InChI=1S/C27H26Cl2N4O4S2/c1-5-33-22(12-37-21-11-17(28)8-9-20(21)29)31-32-27(33)39-14-23(34)30-25-24(26(35)36-4)19(13-38-25)18-10-15(2)6-7-16(18)3/h6-11,13H,5,12,14H2,1-4H3,(H,30,34). The summed E-state index contributed by atoms with van der Waals surface area (Å²) >= 11 is 14.7. The summed E-state index contributed by atoms with van der Waals surface area (Å²) in [6.45, 7) is 6.63. The number of aromatic nitrogens is 3. The summed E-state index contributed by atoms with van der Waals surface area (Å²) in [5.41, 5.74) is 4.08. The molecule has 0 fully saturated rings. The van der Waals surface area contributed by atoms with Crippen LogP contribution in [0.4, 0.5) is 5.00 Å². The number of halogens is 2. The molecular formula is C27H26Cl2N4O4S2. The molecule has 0 aliphatic carbocycles. The number of thiophene rings is 1. The molecule has 0 saturated heterocycles. The monoisotopic (exact) mass is 604 g/mol. The summed E-state index contributed by atoms with van der Waals surface area (Å²) in [7, 11) is 1.33. The zero-order chi connectivity index (χ0) is 28.1. The van der Waals surface area contributed by atoms with Gasteiger partial charge in [0.05, 0.1) is 17.9 Å². The third kappa shape index (κ3) is 6.75. The van der Waals surface area contributed by atoms with E-state index in [0.29, 0.717) is 43.9 Å². The van der Waals surface area contributed by atoms with Gasteiger partial charge in [0.2, 0.25) is 5.91 Å². The summed E-state index contributed by atoms with van der Waals surface area (Å²) in [5, 5.41) is 15.1. The Kier molecular flexibility index (Phi) is 9.55. The third-order valence-electron chi connectivity index (χ3n) is 5.81. The van der Waals surface area contributed by atoms with E-state index in [4.69, 9.17) is 32.7 Å². The Morgan fingerprint density at radius 1 is 1.10 bits per heavy atom. The normalized spacial score (nSPS) is 10.9. The zero-order valence-corrected chi connectivity index (χ0v) is 24.9. The van der Waals surface area contributed by atoms with Crippen LogP contribution in [0.15, 0.2) is 46.9 Å². The number of rotatable bonds is 10. The molecule has 0 aliphatic heterocycles.